The molecule has 0 saturated heterocycles. The van der Waals surface area contributed by atoms with Gasteiger partial charge in [0.2, 0.25) is 17.7 Å². The second-order valence-electron chi connectivity index (χ2n) is 10.3. The van der Waals surface area contributed by atoms with E-state index < -0.39 is 6.04 Å². The van der Waals surface area contributed by atoms with Crippen LogP contribution in [0.15, 0.2) is 12.2 Å². The number of rotatable bonds is 26. The summed E-state index contributed by atoms with van der Waals surface area (Å²) in [4.78, 5) is 37.1. The molecule has 37 heavy (non-hydrogen) atoms. The number of hydrogen-bond acceptors (Lipinski definition) is 3. The molecule has 0 unspecified atom stereocenters. The molecule has 6 nitrogen and oxygen atoms in total. The van der Waals surface area contributed by atoms with Crippen molar-refractivity contribution in [2.24, 2.45) is 0 Å². The van der Waals surface area contributed by atoms with Gasteiger partial charge in [0.25, 0.3) is 0 Å². The van der Waals surface area contributed by atoms with E-state index in [1.54, 1.807) is 0 Å². The molecular formula is C31H59N3O3. The van der Waals surface area contributed by atoms with E-state index in [0.29, 0.717) is 25.9 Å². The Morgan fingerprint density at radius 2 is 1.08 bits per heavy atom. The monoisotopic (exact) mass is 521 g/mol. The zero-order chi connectivity index (χ0) is 27.4. The van der Waals surface area contributed by atoms with Gasteiger partial charge in [-0.05, 0) is 44.9 Å². The summed E-state index contributed by atoms with van der Waals surface area (Å²) in [6.45, 7) is 7.64. The minimum absolute atomic E-state index is 0.0618. The largest absolute Gasteiger partial charge is 0.356 e. The normalized spacial score (nSPS) is 12.0. The first-order valence-electron chi connectivity index (χ1n) is 15.5. The van der Waals surface area contributed by atoms with E-state index in [0.717, 1.165) is 44.9 Å². The smallest absolute Gasteiger partial charge is 0.242 e. The highest BCUT2D eigenvalue weighted by Gasteiger charge is 2.21. The van der Waals surface area contributed by atoms with Gasteiger partial charge in [0.1, 0.15) is 6.04 Å². The van der Waals surface area contributed by atoms with Gasteiger partial charge in [-0.15, -0.1) is 0 Å². The number of allylic oxidation sites excluding steroid dienone is 2. The quantitative estimate of drug-likeness (QED) is 0.0836. The Bertz CT molecular complexity index is 592. The van der Waals surface area contributed by atoms with Crippen LogP contribution in [0.1, 0.15) is 149 Å². The van der Waals surface area contributed by atoms with Crippen molar-refractivity contribution in [2.45, 2.75) is 155 Å². The first-order valence-corrected chi connectivity index (χ1v) is 15.5. The van der Waals surface area contributed by atoms with Crippen LogP contribution in [0.4, 0.5) is 0 Å². The molecule has 6 heteroatoms. The van der Waals surface area contributed by atoms with Crippen molar-refractivity contribution in [2.75, 3.05) is 13.1 Å². The third-order valence-corrected chi connectivity index (χ3v) is 6.66. The number of amides is 3. The van der Waals surface area contributed by atoms with Gasteiger partial charge in [0, 0.05) is 25.9 Å². The molecule has 0 radical (unpaired) electrons. The van der Waals surface area contributed by atoms with Crippen molar-refractivity contribution in [1.29, 1.82) is 0 Å². The SMILES string of the molecule is CCCC/C=C/CCCCCCCCCCCC(=O)N[C@@H](CCC(=O)NCCCC)C(=O)NCCCC. The Balaban J connectivity index is 4.00. The predicted molar refractivity (Wildman–Crippen MR) is 156 cm³/mol. The molecule has 0 aliphatic heterocycles. The van der Waals surface area contributed by atoms with Crippen LogP contribution in [-0.4, -0.2) is 36.9 Å². The summed E-state index contributed by atoms with van der Waals surface area (Å²) in [7, 11) is 0. The van der Waals surface area contributed by atoms with E-state index in [4.69, 9.17) is 0 Å². The average Bonchev–Trinajstić information content (AvgIpc) is 2.89. The van der Waals surface area contributed by atoms with Crippen molar-refractivity contribution in [1.82, 2.24) is 16.0 Å². The maximum atomic E-state index is 12.6. The molecule has 3 N–H and O–H groups in total. The molecule has 0 spiro atoms. The number of hydrogen-bond donors (Lipinski definition) is 3. The van der Waals surface area contributed by atoms with Gasteiger partial charge < -0.3 is 16.0 Å². The number of carbonyl (C=O) groups is 3. The second kappa shape index (κ2) is 27.2. The van der Waals surface area contributed by atoms with Crippen molar-refractivity contribution in [3.05, 3.63) is 12.2 Å². The first kappa shape index (κ1) is 35.2. The average molecular weight is 522 g/mol. The predicted octanol–water partition coefficient (Wildman–Crippen LogP) is 7.12. The Hall–Kier alpha value is -1.85. The van der Waals surface area contributed by atoms with Gasteiger partial charge in [-0.3, -0.25) is 14.4 Å². The van der Waals surface area contributed by atoms with Crippen molar-refractivity contribution in [3.8, 4) is 0 Å². The number of unbranched alkanes of at least 4 members (excludes halogenated alkanes) is 13. The maximum Gasteiger partial charge on any atom is 0.242 e. The molecule has 1 atom stereocenters. The zero-order valence-corrected chi connectivity index (χ0v) is 24.5. The van der Waals surface area contributed by atoms with Crippen LogP contribution >= 0.6 is 0 Å². The van der Waals surface area contributed by atoms with Crippen LogP contribution < -0.4 is 16.0 Å². The van der Waals surface area contributed by atoms with Crippen LogP contribution in [0.5, 0.6) is 0 Å². The van der Waals surface area contributed by atoms with E-state index in [1.807, 2.05) is 0 Å². The van der Waals surface area contributed by atoms with Crippen molar-refractivity contribution >= 4 is 17.7 Å². The third-order valence-electron chi connectivity index (χ3n) is 6.66. The molecule has 216 valence electrons. The van der Waals surface area contributed by atoms with Gasteiger partial charge in [-0.25, -0.2) is 0 Å². The Morgan fingerprint density at radius 1 is 0.568 bits per heavy atom. The fourth-order valence-corrected chi connectivity index (χ4v) is 4.16. The minimum atomic E-state index is -0.645. The van der Waals surface area contributed by atoms with Crippen molar-refractivity contribution < 1.29 is 14.4 Å². The maximum absolute atomic E-state index is 12.6. The summed E-state index contributed by atoms with van der Waals surface area (Å²) in [6, 6.07) is -0.645. The highest BCUT2D eigenvalue weighted by Crippen LogP contribution is 2.12. The molecule has 0 bridgehead atoms. The lowest BCUT2D eigenvalue weighted by Gasteiger charge is -2.18. The van der Waals surface area contributed by atoms with E-state index in [2.05, 4.69) is 48.9 Å². The highest BCUT2D eigenvalue weighted by molar-refractivity contribution is 5.88. The van der Waals surface area contributed by atoms with Gasteiger partial charge in [-0.1, -0.05) is 104 Å². The molecule has 0 aromatic rings. The molecule has 0 heterocycles. The number of carbonyl (C=O) groups excluding carboxylic acids is 3. The molecule has 0 aromatic carbocycles. The fourth-order valence-electron chi connectivity index (χ4n) is 4.16. The van der Waals surface area contributed by atoms with Gasteiger partial charge >= 0.3 is 0 Å². The lowest BCUT2D eigenvalue weighted by molar-refractivity contribution is -0.129. The molecule has 0 aromatic heterocycles. The first-order chi connectivity index (χ1) is 18.0. The van der Waals surface area contributed by atoms with E-state index in [9.17, 15) is 14.4 Å². The van der Waals surface area contributed by atoms with Gasteiger partial charge in [-0.2, -0.15) is 0 Å². The van der Waals surface area contributed by atoms with Crippen molar-refractivity contribution in [3.63, 3.8) is 0 Å². The molecule has 0 rings (SSSR count). The molecule has 0 aliphatic carbocycles. The van der Waals surface area contributed by atoms with Crippen LogP contribution in [0, 0.1) is 0 Å². The summed E-state index contributed by atoms with van der Waals surface area (Å²) in [6.07, 6.45) is 25.4. The molecule has 3 amide bonds. The number of nitrogens with one attached hydrogen (secondary N) is 3. The molecule has 0 aliphatic rings. The molecule has 0 saturated carbocycles. The van der Waals surface area contributed by atoms with Crippen LogP contribution in [0.2, 0.25) is 0 Å². The van der Waals surface area contributed by atoms with Crippen LogP contribution in [0.3, 0.4) is 0 Å². The van der Waals surface area contributed by atoms with Crippen LogP contribution in [0.25, 0.3) is 0 Å². The summed E-state index contributed by atoms with van der Waals surface area (Å²) >= 11 is 0. The molecule has 0 fully saturated rings. The second-order valence-corrected chi connectivity index (χ2v) is 10.3. The van der Waals surface area contributed by atoms with Crippen LogP contribution in [-0.2, 0) is 14.4 Å². The van der Waals surface area contributed by atoms with Gasteiger partial charge in [0.15, 0.2) is 0 Å². The summed E-state index contributed by atoms with van der Waals surface area (Å²) in [5.74, 6) is -0.338. The van der Waals surface area contributed by atoms with Gasteiger partial charge in [0.05, 0.1) is 0 Å². The highest BCUT2D eigenvalue weighted by atomic mass is 16.2. The third kappa shape index (κ3) is 24.3. The lowest BCUT2D eigenvalue weighted by Crippen LogP contribution is -2.47. The zero-order valence-electron chi connectivity index (χ0n) is 24.5. The summed E-state index contributed by atoms with van der Waals surface area (Å²) < 4.78 is 0. The topological polar surface area (TPSA) is 87.3 Å². The lowest BCUT2D eigenvalue weighted by atomic mass is 10.0. The summed E-state index contributed by atoms with van der Waals surface area (Å²) in [5.41, 5.74) is 0. The minimum Gasteiger partial charge on any atom is -0.356 e. The van der Waals surface area contributed by atoms with E-state index in [-0.39, 0.29) is 24.1 Å². The molecular weight excluding hydrogens is 462 g/mol. The Kier molecular flexibility index (Phi) is 25.8. The van der Waals surface area contributed by atoms with E-state index >= 15 is 0 Å². The fraction of sp³-hybridized carbons (Fsp3) is 0.839. The Morgan fingerprint density at radius 3 is 1.68 bits per heavy atom. The van der Waals surface area contributed by atoms with E-state index in [1.165, 1.54) is 64.2 Å². The Labute approximate surface area is 228 Å². The summed E-state index contributed by atoms with van der Waals surface area (Å²) in [5, 5.41) is 8.66. The standard InChI is InChI=1S/C31H59N3O3/c1-4-7-10-11-12-13-14-15-16-17-18-19-20-21-22-23-30(36)34-28(31(37)33-27-9-6-3)24-25-29(35)32-26-8-5-2/h11-12,28H,4-10,13-27H2,1-3H3,(H,32,35)(H,33,37)(H,34,36)/b12-11+/t28-/m0/s1.